The number of urea groups is 1. The van der Waals surface area contributed by atoms with Crippen molar-refractivity contribution in [3.8, 4) is 17.1 Å². The molecule has 2 aromatic carbocycles. The van der Waals surface area contributed by atoms with E-state index in [1.54, 1.807) is 12.0 Å². The monoisotopic (exact) mass is 442 g/mol. The van der Waals surface area contributed by atoms with Crippen LogP contribution in [0.3, 0.4) is 0 Å². The number of methoxy groups -OCH3 is 1. The molecule has 0 bridgehead atoms. The number of hydrogen-bond donors (Lipinski definition) is 1. The van der Waals surface area contributed by atoms with E-state index in [2.05, 4.69) is 31.4 Å². The summed E-state index contributed by atoms with van der Waals surface area (Å²) in [6, 6.07) is 14.5. The molecule has 0 aliphatic carbocycles. The predicted octanol–water partition coefficient (Wildman–Crippen LogP) is 4.88. The molecule has 0 saturated carbocycles. The average Bonchev–Trinajstić information content (AvgIpc) is 3.39. The van der Waals surface area contributed by atoms with Gasteiger partial charge in [0.1, 0.15) is 11.8 Å². The van der Waals surface area contributed by atoms with Gasteiger partial charge in [0.15, 0.2) is 0 Å². The molecule has 3 aromatic rings. The molecular weight excluding hydrogens is 424 g/mol. The lowest BCUT2D eigenvalue weighted by atomic mass is 10.2. The van der Waals surface area contributed by atoms with Gasteiger partial charge in [0.2, 0.25) is 11.7 Å². The molecule has 1 N–H and O–H groups in total. The fraction of sp³-hybridized carbons (Fsp3) is 0.250. The number of ether oxygens (including phenoxy) is 1. The first-order valence-electron chi connectivity index (χ1n) is 8.96. The van der Waals surface area contributed by atoms with Gasteiger partial charge in [0.25, 0.3) is 0 Å². The SMILES string of the molecule is COc1ccccc1-c1noc([C@@H]2CCCN2C(=O)Nc2ccc(Br)cc2)n1. The van der Waals surface area contributed by atoms with Crippen molar-refractivity contribution in [1.82, 2.24) is 15.0 Å². The van der Waals surface area contributed by atoms with Crippen LogP contribution in [0.25, 0.3) is 11.4 Å². The fourth-order valence-corrected chi connectivity index (χ4v) is 3.57. The lowest BCUT2D eigenvalue weighted by molar-refractivity contribution is 0.193. The van der Waals surface area contributed by atoms with Crippen molar-refractivity contribution in [2.45, 2.75) is 18.9 Å². The van der Waals surface area contributed by atoms with Crippen molar-refractivity contribution in [3.05, 3.63) is 58.9 Å². The Bertz CT molecular complexity index is 974. The van der Waals surface area contributed by atoms with Gasteiger partial charge in [-0.15, -0.1) is 0 Å². The molecule has 144 valence electrons. The van der Waals surface area contributed by atoms with Gasteiger partial charge < -0.3 is 19.5 Å². The number of para-hydroxylation sites is 1. The molecule has 0 unspecified atom stereocenters. The van der Waals surface area contributed by atoms with E-state index in [0.717, 1.165) is 28.6 Å². The Morgan fingerprint density at radius 3 is 2.82 bits per heavy atom. The predicted molar refractivity (Wildman–Crippen MR) is 108 cm³/mol. The van der Waals surface area contributed by atoms with Crippen molar-refractivity contribution in [1.29, 1.82) is 0 Å². The molecule has 4 rings (SSSR count). The Morgan fingerprint density at radius 1 is 1.25 bits per heavy atom. The van der Waals surface area contributed by atoms with Crippen LogP contribution in [0.1, 0.15) is 24.8 Å². The quantitative estimate of drug-likeness (QED) is 0.622. The summed E-state index contributed by atoms with van der Waals surface area (Å²) in [4.78, 5) is 19.0. The maximum atomic E-state index is 12.8. The molecule has 1 aliphatic rings. The number of likely N-dealkylation sites (tertiary alicyclic amines) is 1. The second-order valence-electron chi connectivity index (χ2n) is 6.44. The standard InChI is InChI=1S/C20H19BrN4O3/c1-27-17-7-3-2-5-15(17)18-23-19(28-24-18)16-6-4-12-25(16)20(26)22-14-10-8-13(21)9-11-14/h2-3,5,7-11,16H,4,6,12H2,1H3,(H,22,26)/t16-/m0/s1. The van der Waals surface area contributed by atoms with Gasteiger partial charge in [0.05, 0.1) is 12.7 Å². The molecule has 0 radical (unpaired) electrons. The number of hydrogen-bond acceptors (Lipinski definition) is 5. The summed E-state index contributed by atoms with van der Waals surface area (Å²) in [6.45, 7) is 0.638. The smallest absolute Gasteiger partial charge is 0.322 e. The molecular formula is C20H19BrN4O3. The second-order valence-corrected chi connectivity index (χ2v) is 7.36. The molecule has 1 aromatic heterocycles. The first-order chi connectivity index (χ1) is 13.7. The molecule has 7 nitrogen and oxygen atoms in total. The maximum Gasteiger partial charge on any atom is 0.322 e. The normalized spacial score (nSPS) is 16.2. The summed E-state index contributed by atoms with van der Waals surface area (Å²) in [7, 11) is 1.60. The van der Waals surface area contributed by atoms with Crippen molar-refractivity contribution in [2.75, 3.05) is 19.0 Å². The number of amides is 2. The minimum Gasteiger partial charge on any atom is -0.496 e. The van der Waals surface area contributed by atoms with Crippen LogP contribution in [0.4, 0.5) is 10.5 Å². The van der Waals surface area contributed by atoms with Gasteiger partial charge in [-0.05, 0) is 49.2 Å². The third kappa shape index (κ3) is 3.73. The van der Waals surface area contributed by atoms with Gasteiger partial charge >= 0.3 is 6.03 Å². The number of carbonyl (C=O) groups excluding carboxylic acids is 1. The molecule has 2 amide bonds. The van der Waals surface area contributed by atoms with Crippen LogP contribution < -0.4 is 10.1 Å². The summed E-state index contributed by atoms with van der Waals surface area (Å²) in [5, 5.41) is 7.02. The summed E-state index contributed by atoms with van der Waals surface area (Å²) >= 11 is 3.39. The largest absolute Gasteiger partial charge is 0.496 e. The minimum atomic E-state index is -0.244. The van der Waals surface area contributed by atoms with Crippen LogP contribution >= 0.6 is 15.9 Å². The first-order valence-corrected chi connectivity index (χ1v) is 9.75. The Morgan fingerprint density at radius 2 is 2.04 bits per heavy atom. The molecule has 1 fully saturated rings. The summed E-state index contributed by atoms with van der Waals surface area (Å²) in [5.74, 6) is 1.56. The van der Waals surface area contributed by atoms with Crippen molar-refractivity contribution < 1.29 is 14.1 Å². The lowest BCUT2D eigenvalue weighted by Crippen LogP contribution is -2.34. The summed E-state index contributed by atoms with van der Waals surface area (Å²) < 4.78 is 11.8. The van der Waals surface area contributed by atoms with Gasteiger partial charge in [-0.3, -0.25) is 0 Å². The molecule has 8 heteroatoms. The van der Waals surface area contributed by atoms with Crippen molar-refractivity contribution in [3.63, 3.8) is 0 Å². The average molecular weight is 443 g/mol. The number of aromatic nitrogens is 2. The number of nitrogens with one attached hydrogen (secondary N) is 1. The van der Waals surface area contributed by atoms with E-state index in [4.69, 9.17) is 9.26 Å². The highest BCUT2D eigenvalue weighted by Gasteiger charge is 2.34. The van der Waals surface area contributed by atoms with Crippen LogP contribution in [0, 0.1) is 0 Å². The third-order valence-corrected chi connectivity index (χ3v) is 5.21. The highest BCUT2D eigenvalue weighted by molar-refractivity contribution is 9.10. The Hall–Kier alpha value is -2.87. The molecule has 1 saturated heterocycles. The van der Waals surface area contributed by atoms with Crippen LogP contribution in [-0.4, -0.2) is 34.7 Å². The molecule has 1 atom stereocenters. The number of benzene rings is 2. The number of halogens is 1. The zero-order valence-electron chi connectivity index (χ0n) is 15.3. The van der Waals surface area contributed by atoms with Crippen molar-refractivity contribution in [2.24, 2.45) is 0 Å². The molecule has 0 spiro atoms. The van der Waals surface area contributed by atoms with Gasteiger partial charge in [0, 0.05) is 16.7 Å². The second kappa shape index (κ2) is 8.02. The first kappa shape index (κ1) is 18.5. The van der Waals surface area contributed by atoms with E-state index in [1.165, 1.54) is 0 Å². The highest BCUT2D eigenvalue weighted by atomic mass is 79.9. The van der Waals surface area contributed by atoms with E-state index in [-0.39, 0.29) is 12.1 Å². The molecule has 1 aliphatic heterocycles. The zero-order chi connectivity index (χ0) is 19.5. The van der Waals surface area contributed by atoms with Crippen LogP contribution in [0.5, 0.6) is 5.75 Å². The molecule has 2 heterocycles. The van der Waals surface area contributed by atoms with Gasteiger partial charge in [-0.25, -0.2) is 4.79 Å². The van der Waals surface area contributed by atoms with E-state index >= 15 is 0 Å². The van der Waals surface area contributed by atoms with Crippen LogP contribution in [-0.2, 0) is 0 Å². The van der Waals surface area contributed by atoms with Crippen molar-refractivity contribution >= 4 is 27.6 Å². The zero-order valence-corrected chi connectivity index (χ0v) is 16.8. The minimum absolute atomic E-state index is 0.179. The van der Waals surface area contributed by atoms with Gasteiger partial charge in [-0.1, -0.05) is 33.2 Å². The Kier molecular flexibility index (Phi) is 5.29. The van der Waals surface area contributed by atoms with E-state index in [0.29, 0.717) is 24.0 Å². The third-order valence-electron chi connectivity index (χ3n) is 4.68. The summed E-state index contributed by atoms with van der Waals surface area (Å²) in [5.41, 5.74) is 1.49. The lowest BCUT2D eigenvalue weighted by Gasteiger charge is -2.22. The number of nitrogens with zero attached hydrogens (tertiary/aromatic N) is 3. The number of carbonyl (C=O) groups is 1. The number of rotatable bonds is 4. The van der Waals surface area contributed by atoms with Gasteiger partial charge in [-0.2, -0.15) is 4.98 Å². The molecule has 28 heavy (non-hydrogen) atoms. The van der Waals surface area contributed by atoms with E-state index in [1.807, 2.05) is 48.5 Å². The topological polar surface area (TPSA) is 80.5 Å². The van der Waals surface area contributed by atoms with Crippen LogP contribution in [0.2, 0.25) is 0 Å². The maximum absolute atomic E-state index is 12.8. The van der Waals surface area contributed by atoms with E-state index in [9.17, 15) is 4.79 Å². The van der Waals surface area contributed by atoms with E-state index < -0.39 is 0 Å². The van der Waals surface area contributed by atoms with Crippen LogP contribution in [0.15, 0.2) is 57.5 Å². The fourth-order valence-electron chi connectivity index (χ4n) is 3.30. The Balaban J connectivity index is 1.53. The number of anilines is 1. The summed E-state index contributed by atoms with van der Waals surface area (Å²) in [6.07, 6.45) is 1.66. The highest BCUT2D eigenvalue weighted by Crippen LogP contribution is 2.34. The Labute approximate surface area is 170 Å².